The molecule has 0 aliphatic heterocycles. The predicted molar refractivity (Wildman–Crippen MR) is 68.1 cm³/mol. The van der Waals surface area contributed by atoms with Crippen molar-refractivity contribution in [1.82, 2.24) is 15.5 Å². The maximum absolute atomic E-state index is 12.0. The van der Waals surface area contributed by atoms with E-state index in [-0.39, 0.29) is 11.4 Å². The molecule has 0 saturated heterocycles. The minimum atomic E-state index is -0.166. The van der Waals surface area contributed by atoms with E-state index in [1.165, 1.54) is 11.1 Å². The van der Waals surface area contributed by atoms with Gasteiger partial charge in [0.25, 0.3) is 5.91 Å². The van der Waals surface area contributed by atoms with Crippen molar-refractivity contribution in [2.45, 2.75) is 25.3 Å². The Morgan fingerprint density at radius 3 is 2.89 bits per heavy atom. The topological polar surface area (TPSA) is 57.8 Å². The van der Waals surface area contributed by atoms with Crippen LogP contribution in [0.5, 0.6) is 0 Å². The zero-order chi connectivity index (χ0) is 12.6. The SMILES string of the molecule is Cc1cccc(C2(NC(=O)c3cn[nH]c3)CC2)c1. The van der Waals surface area contributed by atoms with Crippen molar-refractivity contribution >= 4 is 5.91 Å². The number of hydrogen-bond acceptors (Lipinski definition) is 2. The van der Waals surface area contributed by atoms with Gasteiger partial charge in [-0.2, -0.15) is 5.10 Å². The molecule has 0 bridgehead atoms. The molecule has 1 amide bonds. The summed E-state index contributed by atoms with van der Waals surface area (Å²) in [6.45, 7) is 2.07. The first kappa shape index (κ1) is 11.0. The number of amides is 1. The van der Waals surface area contributed by atoms with Crippen molar-refractivity contribution in [1.29, 1.82) is 0 Å². The van der Waals surface area contributed by atoms with Crippen molar-refractivity contribution in [3.05, 3.63) is 53.3 Å². The Labute approximate surface area is 105 Å². The van der Waals surface area contributed by atoms with Gasteiger partial charge in [0.2, 0.25) is 0 Å². The van der Waals surface area contributed by atoms with E-state index in [0.717, 1.165) is 12.8 Å². The highest BCUT2D eigenvalue weighted by atomic mass is 16.1. The molecule has 0 unspecified atom stereocenters. The number of aryl methyl sites for hydroxylation is 1. The van der Waals surface area contributed by atoms with Crippen LogP contribution in [0.25, 0.3) is 0 Å². The Balaban J connectivity index is 1.82. The number of hydrogen-bond donors (Lipinski definition) is 2. The molecule has 1 aliphatic carbocycles. The fraction of sp³-hybridized carbons (Fsp3) is 0.286. The van der Waals surface area contributed by atoms with E-state index in [0.29, 0.717) is 5.56 Å². The van der Waals surface area contributed by atoms with Gasteiger partial charge in [-0.3, -0.25) is 9.89 Å². The second-order valence-electron chi connectivity index (χ2n) is 4.89. The van der Waals surface area contributed by atoms with Gasteiger partial charge in [0, 0.05) is 6.20 Å². The van der Waals surface area contributed by atoms with E-state index in [2.05, 4.69) is 40.6 Å². The number of carbonyl (C=O) groups excluding carboxylic acids is 1. The molecule has 1 fully saturated rings. The number of aromatic amines is 1. The third kappa shape index (κ3) is 1.90. The van der Waals surface area contributed by atoms with Crippen LogP contribution in [0.4, 0.5) is 0 Å². The number of rotatable bonds is 3. The quantitative estimate of drug-likeness (QED) is 0.865. The molecule has 1 heterocycles. The molecule has 1 saturated carbocycles. The minimum absolute atomic E-state index is 0.0669. The number of aromatic nitrogens is 2. The second-order valence-corrected chi connectivity index (χ2v) is 4.89. The van der Waals surface area contributed by atoms with Crippen molar-refractivity contribution < 1.29 is 4.79 Å². The summed E-state index contributed by atoms with van der Waals surface area (Å²) in [7, 11) is 0. The van der Waals surface area contributed by atoms with Crippen LogP contribution >= 0.6 is 0 Å². The van der Waals surface area contributed by atoms with E-state index < -0.39 is 0 Å². The standard InChI is InChI=1S/C14H15N3O/c1-10-3-2-4-12(7-10)14(5-6-14)17-13(18)11-8-15-16-9-11/h2-4,7-9H,5-6H2,1H3,(H,15,16)(H,17,18). The molecule has 2 N–H and O–H groups in total. The fourth-order valence-corrected chi connectivity index (χ4v) is 2.22. The lowest BCUT2D eigenvalue weighted by molar-refractivity contribution is 0.0931. The van der Waals surface area contributed by atoms with Gasteiger partial charge in [-0.15, -0.1) is 0 Å². The zero-order valence-electron chi connectivity index (χ0n) is 10.2. The van der Waals surface area contributed by atoms with Crippen molar-refractivity contribution in [2.75, 3.05) is 0 Å². The molecule has 2 aromatic rings. The van der Waals surface area contributed by atoms with Gasteiger partial charge in [0.15, 0.2) is 0 Å². The summed E-state index contributed by atoms with van der Waals surface area (Å²) < 4.78 is 0. The fourth-order valence-electron chi connectivity index (χ4n) is 2.22. The van der Waals surface area contributed by atoms with Gasteiger partial charge in [-0.05, 0) is 25.3 Å². The molecule has 1 aliphatic rings. The van der Waals surface area contributed by atoms with Gasteiger partial charge in [0.1, 0.15) is 0 Å². The predicted octanol–water partition coefficient (Wildman–Crippen LogP) is 2.14. The van der Waals surface area contributed by atoms with Crippen LogP contribution in [0.1, 0.15) is 34.3 Å². The minimum Gasteiger partial charge on any atom is -0.342 e. The van der Waals surface area contributed by atoms with Crippen molar-refractivity contribution in [3.8, 4) is 0 Å². The highest BCUT2D eigenvalue weighted by molar-refractivity contribution is 5.94. The Hall–Kier alpha value is -2.10. The van der Waals surface area contributed by atoms with Crippen molar-refractivity contribution in [2.24, 2.45) is 0 Å². The number of carbonyl (C=O) groups is 1. The molecule has 3 rings (SSSR count). The summed E-state index contributed by atoms with van der Waals surface area (Å²) >= 11 is 0. The van der Waals surface area contributed by atoms with Crippen LogP contribution in [0, 0.1) is 6.92 Å². The second kappa shape index (κ2) is 3.98. The smallest absolute Gasteiger partial charge is 0.255 e. The summed E-state index contributed by atoms with van der Waals surface area (Å²) in [6.07, 6.45) is 5.16. The third-order valence-corrected chi connectivity index (χ3v) is 3.43. The summed E-state index contributed by atoms with van der Waals surface area (Å²) in [5.74, 6) is -0.0669. The van der Waals surface area contributed by atoms with Crippen LogP contribution in [-0.4, -0.2) is 16.1 Å². The maximum Gasteiger partial charge on any atom is 0.255 e. The monoisotopic (exact) mass is 241 g/mol. The van der Waals surface area contributed by atoms with E-state index in [4.69, 9.17) is 0 Å². The molecular weight excluding hydrogens is 226 g/mol. The molecular formula is C14H15N3O. The molecule has 0 spiro atoms. The third-order valence-electron chi connectivity index (χ3n) is 3.43. The normalized spacial score (nSPS) is 16.3. The first-order chi connectivity index (χ1) is 8.70. The lowest BCUT2D eigenvalue weighted by atomic mass is 10.0. The molecule has 4 nitrogen and oxygen atoms in total. The van der Waals surface area contributed by atoms with Crippen LogP contribution in [-0.2, 0) is 5.54 Å². The van der Waals surface area contributed by atoms with Crippen LogP contribution in [0.3, 0.4) is 0 Å². The summed E-state index contributed by atoms with van der Waals surface area (Å²) in [6, 6.07) is 8.32. The van der Waals surface area contributed by atoms with Crippen molar-refractivity contribution in [3.63, 3.8) is 0 Å². The molecule has 1 aromatic carbocycles. The van der Waals surface area contributed by atoms with Gasteiger partial charge in [0.05, 0.1) is 17.3 Å². The van der Waals surface area contributed by atoms with Gasteiger partial charge in [-0.1, -0.05) is 29.8 Å². The lowest BCUT2D eigenvalue weighted by Crippen LogP contribution is -2.34. The molecule has 18 heavy (non-hydrogen) atoms. The highest BCUT2D eigenvalue weighted by Gasteiger charge is 2.45. The summed E-state index contributed by atoms with van der Waals surface area (Å²) in [4.78, 5) is 12.0. The van der Waals surface area contributed by atoms with E-state index in [1.54, 1.807) is 12.4 Å². The largest absolute Gasteiger partial charge is 0.342 e. The van der Waals surface area contributed by atoms with E-state index in [1.807, 2.05) is 6.07 Å². The molecule has 0 radical (unpaired) electrons. The maximum atomic E-state index is 12.0. The van der Waals surface area contributed by atoms with Crippen LogP contribution in [0.15, 0.2) is 36.7 Å². The molecule has 0 atom stereocenters. The Kier molecular flexibility index (Phi) is 2.44. The highest BCUT2D eigenvalue weighted by Crippen LogP contribution is 2.45. The Morgan fingerprint density at radius 2 is 2.28 bits per heavy atom. The van der Waals surface area contributed by atoms with E-state index in [9.17, 15) is 4.79 Å². The number of benzene rings is 1. The van der Waals surface area contributed by atoms with Gasteiger partial charge in [-0.25, -0.2) is 0 Å². The summed E-state index contributed by atoms with van der Waals surface area (Å²) in [5, 5.41) is 9.56. The average molecular weight is 241 g/mol. The van der Waals surface area contributed by atoms with Gasteiger partial charge >= 0.3 is 0 Å². The summed E-state index contributed by atoms with van der Waals surface area (Å²) in [5.41, 5.74) is 2.82. The molecule has 4 heteroatoms. The molecule has 92 valence electrons. The average Bonchev–Trinajstić information content (AvgIpc) is 2.93. The van der Waals surface area contributed by atoms with Crippen LogP contribution in [0.2, 0.25) is 0 Å². The van der Waals surface area contributed by atoms with Gasteiger partial charge < -0.3 is 5.32 Å². The Morgan fingerprint density at radius 1 is 1.44 bits per heavy atom. The number of nitrogens with zero attached hydrogens (tertiary/aromatic N) is 1. The number of H-pyrrole nitrogens is 1. The zero-order valence-corrected chi connectivity index (χ0v) is 10.2. The lowest BCUT2D eigenvalue weighted by Gasteiger charge is -2.18. The Bertz CT molecular complexity index is 570. The first-order valence-electron chi connectivity index (χ1n) is 6.08. The molecule has 1 aromatic heterocycles. The van der Waals surface area contributed by atoms with Crippen LogP contribution < -0.4 is 5.32 Å². The van der Waals surface area contributed by atoms with E-state index >= 15 is 0 Å². The number of nitrogens with one attached hydrogen (secondary N) is 2. The first-order valence-corrected chi connectivity index (χ1v) is 6.08.